The van der Waals surface area contributed by atoms with Gasteiger partial charge in [0, 0.05) is 19.4 Å². The van der Waals surface area contributed by atoms with E-state index in [1.54, 1.807) is 10.4 Å². The highest BCUT2D eigenvalue weighted by atomic mass is 32.2. The van der Waals surface area contributed by atoms with E-state index in [1.807, 2.05) is 36.1 Å². The van der Waals surface area contributed by atoms with E-state index in [9.17, 15) is 8.42 Å². The van der Waals surface area contributed by atoms with E-state index >= 15 is 0 Å². The fourth-order valence-corrected chi connectivity index (χ4v) is 5.61. The predicted molar refractivity (Wildman–Crippen MR) is 102 cm³/mol. The van der Waals surface area contributed by atoms with Crippen molar-refractivity contribution in [2.75, 3.05) is 26.2 Å². The molecule has 1 aliphatic carbocycles. The highest BCUT2D eigenvalue weighted by Gasteiger charge is 2.31. The Hall–Kier alpha value is -1.48. The van der Waals surface area contributed by atoms with Crippen molar-refractivity contribution in [1.82, 2.24) is 13.4 Å². The Morgan fingerprint density at radius 1 is 1.12 bits per heavy atom. The number of rotatable bonds is 4. The topological polar surface area (TPSA) is 51.7 Å². The van der Waals surface area contributed by atoms with Crippen molar-refractivity contribution in [3.05, 3.63) is 46.5 Å². The molecule has 1 saturated heterocycles. The van der Waals surface area contributed by atoms with Gasteiger partial charge < -0.3 is 9.47 Å². The summed E-state index contributed by atoms with van der Waals surface area (Å²) in [5.74, 6) is 0. The summed E-state index contributed by atoms with van der Waals surface area (Å²) in [5, 5.41) is 0. The van der Waals surface area contributed by atoms with Gasteiger partial charge in [0.1, 0.15) is 0 Å². The van der Waals surface area contributed by atoms with Gasteiger partial charge in [-0.15, -0.1) is 0 Å². The Bertz CT molecular complexity index is 969. The second-order valence-corrected chi connectivity index (χ2v) is 9.56. The first-order valence-corrected chi connectivity index (χ1v) is 11.0. The van der Waals surface area contributed by atoms with Gasteiger partial charge >= 0.3 is 0 Å². The Morgan fingerprint density at radius 2 is 1.85 bits per heavy atom. The third-order valence-corrected chi connectivity index (χ3v) is 7.97. The number of hydrogen-bond donors (Lipinski definition) is 1. The van der Waals surface area contributed by atoms with Crippen LogP contribution in [0.2, 0.25) is 0 Å². The van der Waals surface area contributed by atoms with Gasteiger partial charge in [-0.05, 0) is 54.7 Å². The average molecular weight is 394 g/mol. The highest BCUT2D eigenvalue weighted by molar-refractivity contribution is 7.89. The lowest BCUT2D eigenvalue weighted by Gasteiger charge is -2.31. The maximum atomic E-state index is 13.0. The Labute approximate surface area is 159 Å². The summed E-state index contributed by atoms with van der Waals surface area (Å²) >= 11 is 5.39. The standard InChI is InChI=1S/C18H24N4O2S2/c1-19-7-10-21(18(19)25)14-20-8-11-22(12-9-20)26(23,24)17-6-5-15-3-2-4-16(15)13-17/h5-7,10,13H,2-4,8-9,11-12,14H2,1H3/p+1. The van der Waals surface area contributed by atoms with Crippen LogP contribution in [-0.4, -0.2) is 48.0 Å². The number of aromatic nitrogens is 2. The SMILES string of the molecule is Cn1ccn(C[NH+]2CCN(S(=O)(=O)c3ccc4c(c3)CCC4)CC2)c1=S. The van der Waals surface area contributed by atoms with Crippen LogP contribution in [-0.2, 0) is 36.6 Å². The van der Waals surface area contributed by atoms with Gasteiger partial charge in [-0.25, -0.2) is 8.42 Å². The molecule has 4 rings (SSSR count). The van der Waals surface area contributed by atoms with E-state index in [4.69, 9.17) is 12.2 Å². The van der Waals surface area contributed by atoms with Crippen molar-refractivity contribution in [2.24, 2.45) is 7.05 Å². The van der Waals surface area contributed by atoms with Crippen LogP contribution in [0.4, 0.5) is 0 Å². The summed E-state index contributed by atoms with van der Waals surface area (Å²) in [6.45, 7) is 3.47. The van der Waals surface area contributed by atoms with Gasteiger partial charge in [0.15, 0.2) is 11.4 Å². The summed E-state index contributed by atoms with van der Waals surface area (Å²) in [7, 11) is -1.46. The molecule has 1 N–H and O–H groups in total. The number of piperazine rings is 1. The fourth-order valence-electron chi connectivity index (χ4n) is 3.93. The molecule has 0 atom stereocenters. The second kappa shape index (κ2) is 6.92. The third kappa shape index (κ3) is 3.26. The minimum Gasteiger partial charge on any atom is -0.327 e. The summed E-state index contributed by atoms with van der Waals surface area (Å²) in [6.07, 6.45) is 7.14. The van der Waals surface area contributed by atoms with Crippen LogP contribution >= 0.6 is 12.2 Å². The minimum atomic E-state index is -3.40. The molecule has 2 aromatic rings. The van der Waals surface area contributed by atoms with Crippen molar-refractivity contribution in [2.45, 2.75) is 30.8 Å². The lowest BCUT2D eigenvalue weighted by Crippen LogP contribution is -3.14. The molecule has 0 bridgehead atoms. The number of nitrogens with zero attached hydrogens (tertiary/aromatic N) is 3. The van der Waals surface area contributed by atoms with Crippen LogP contribution in [0.5, 0.6) is 0 Å². The van der Waals surface area contributed by atoms with E-state index in [0.717, 1.165) is 43.8 Å². The van der Waals surface area contributed by atoms with Crippen molar-refractivity contribution < 1.29 is 13.3 Å². The van der Waals surface area contributed by atoms with Crippen LogP contribution in [0.1, 0.15) is 17.5 Å². The predicted octanol–water partition coefficient (Wildman–Crippen LogP) is 0.592. The van der Waals surface area contributed by atoms with Gasteiger partial charge in [0.2, 0.25) is 10.0 Å². The summed E-state index contributed by atoms with van der Waals surface area (Å²) in [6, 6.07) is 5.66. The van der Waals surface area contributed by atoms with E-state index in [2.05, 4.69) is 4.57 Å². The molecule has 0 unspecified atom stereocenters. The molecule has 0 radical (unpaired) electrons. The maximum absolute atomic E-state index is 13.0. The molecule has 8 heteroatoms. The monoisotopic (exact) mass is 393 g/mol. The summed E-state index contributed by atoms with van der Waals surface area (Å²) in [4.78, 5) is 1.81. The molecule has 140 valence electrons. The van der Waals surface area contributed by atoms with Crippen LogP contribution in [0, 0.1) is 4.77 Å². The first-order chi connectivity index (χ1) is 12.4. The zero-order valence-electron chi connectivity index (χ0n) is 15.0. The largest absolute Gasteiger partial charge is 0.327 e. The molecule has 1 aromatic heterocycles. The van der Waals surface area contributed by atoms with E-state index in [1.165, 1.54) is 16.0 Å². The zero-order valence-corrected chi connectivity index (χ0v) is 16.7. The number of quaternary nitrogens is 1. The Kier molecular flexibility index (Phi) is 4.77. The molecular weight excluding hydrogens is 368 g/mol. The zero-order chi connectivity index (χ0) is 18.3. The third-order valence-electron chi connectivity index (χ3n) is 5.55. The summed E-state index contributed by atoms with van der Waals surface area (Å²) in [5.41, 5.74) is 2.51. The molecule has 1 fully saturated rings. The first-order valence-electron chi connectivity index (χ1n) is 9.12. The first kappa shape index (κ1) is 17.9. The molecule has 0 spiro atoms. The molecule has 1 aliphatic heterocycles. The van der Waals surface area contributed by atoms with E-state index in [-0.39, 0.29) is 0 Å². The maximum Gasteiger partial charge on any atom is 0.243 e. The van der Waals surface area contributed by atoms with Gasteiger partial charge in [-0.3, -0.25) is 4.57 Å². The lowest BCUT2D eigenvalue weighted by atomic mass is 10.1. The normalized spacial score (nSPS) is 19.0. The number of benzene rings is 1. The Balaban J connectivity index is 1.44. The number of hydrogen-bond acceptors (Lipinski definition) is 3. The van der Waals surface area contributed by atoms with Crippen molar-refractivity contribution in [1.29, 1.82) is 0 Å². The number of fused-ring (bicyclic) bond motifs is 1. The fraction of sp³-hybridized carbons (Fsp3) is 0.500. The van der Waals surface area contributed by atoms with Crippen molar-refractivity contribution >= 4 is 22.2 Å². The lowest BCUT2D eigenvalue weighted by molar-refractivity contribution is -0.926. The molecular formula is C18H25N4O2S2+. The van der Waals surface area contributed by atoms with Crippen LogP contribution in [0.3, 0.4) is 0 Å². The van der Waals surface area contributed by atoms with Gasteiger partial charge in [-0.2, -0.15) is 4.31 Å². The van der Waals surface area contributed by atoms with Crippen LogP contribution in [0.15, 0.2) is 35.5 Å². The molecule has 0 saturated carbocycles. The summed E-state index contributed by atoms with van der Waals surface area (Å²) < 4.78 is 32.4. The van der Waals surface area contributed by atoms with Gasteiger partial charge in [-0.1, -0.05) is 6.07 Å². The number of sulfonamides is 1. The van der Waals surface area contributed by atoms with Crippen LogP contribution < -0.4 is 4.90 Å². The van der Waals surface area contributed by atoms with Gasteiger partial charge in [0.05, 0.1) is 31.1 Å². The van der Waals surface area contributed by atoms with Gasteiger partial charge in [0.25, 0.3) is 0 Å². The van der Waals surface area contributed by atoms with Crippen molar-refractivity contribution in [3.8, 4) is 0 Å². The highest BCUT2D eigenvalue weighted by Crippen LogP contribution is 2.26. The van der Waals surface area contributed by atoms with E-state index in [0.29, 0.717) is 18.0 Å². The Morgan fingerprint density at radius 3 is 2.54 bits per heavy atom. The molecule has 1 aromatic carbocycles. The minimum absolute atomic E-state index is 0.451. The number of aryl methyl sites for hydroxylation is 3. The number of imidazole rings is 1. The average Bonchev–Trinajstić information content (AvgIpc) is 3.23. The number of nitrogens with one attached hydrogen (secondary N) is 1. The van der Waals surface area contributed by atoms with E-state index < -0.39 is 10.0 Å². The smallest absolute Gasteiger partial charge is 0.243 e. The second-order valence-electron chi connectivity index (χ2n) is 7.26. The molecule has 2 aliphatic rings. The quantitative estimate of drug-likeness (QED) is 0.774. The van der Waals surface area contributed by atoms with Crippen molar-refractivity contribution in [3.63, 3.8) is 0 Å². The van der Waals surface area contributed by atoms with Crippen LogP contribution in [0.25, 0.3) is 0 Å². The molecule has 26 heavy (non-hydrogen) atoms. The molecule has 6 nitrogen and oxygen atoms in total. The molecule has 2 heterocycles. The molecule has 0 amide bonds.